The van der Waals surface area contributed by atoms with Crippen molar-refractivity contribution >= 4 is 11.8 Å². The van der Waals surface area contributed by atoms with E-state index in [1.165, 1.54) is 12.0 Å². The van der Waals surface area contributed by atoms with Gasteiger partial charge in [-0.25, -0.2) is 0 Å². The van der Waals surface area contributed by atoms with Crippen molar-refractivity contribution in [2.24, 2.45) is 0 Å². The van der Waals surface area contributed by atoms with Crippen molar-refractivity contribution in [2.45, 2.75) is 31.1 Å². The summed E-state index contributed by atoms with van der Waals surface area (Å²) in [5.74, 6) is 2.91. The summed E-state index contributed by atoms with van der Waals surface area (Å²) in [6, 6.07) is 6.79. The second kappa shape index (κ2) is 6.06. The first-order valence-electron chi connectivity index (χ1n) is 7.07. The molecule has 0 amide bonds. The molecule has 0 radical (unpaired) electrons. The minimum atomic E-state index is 0.423. The lowest BCUT2D eigenvalue weighted by atomic mass is 10.1. The molecule has 3 nitrogen and oxygen atoms in total. The van der Waals surface area contributed by atoms with Crippen LogP contribution in [0.15, 0.2) is 18.2 Å². The van der Waals surface area contributed by atoms with Crippen LogP contribution in [-0.2, 0) is 0 Å². The fraction of sp³-hybridized carbons (Fsp3) is 0.600. The fourth-order valence-corrected chi connectivity index (χ4v) is 3.59. The van der Waals surface area contributed by atoms with Crippen LogP contribution in [0.1, 0.15) is 31.4 Å². The Kier molecular flexibility index (Phi) is 4.18. The van der Waals surface area contributed by atoms with Crippen molar-refractivity contribution in [1.82, 2.24) is 5.32 Å². The third-order valence-electron chi connectivity index (χ3n) is 3.66. The van der Waals surface area contributed by atoms with Crippen molar-refractivity contribution in [1.29, 1.82) is 0 Å². The first-order valence-corrected chi connectivity index (χ1v) is 8.12. The Bertz CT molecular complexity index is 438. The van der Waals surface area contributed by atoms with Crippen molar-refractivity contribution in [2.75, 3.05) is 25.5 Å². The Hall–Kier alpha value is -0.870. The van der Waals surface area contributed by atoms with Gasteiger partial charge in [-0.05, 0) is 30.7 Å². The number of ether oxygens (including phenoxy) is 2. The largest absolute Gasteiger partial charge is 0.490 e. The number of hydrogen-bond donors (Lipinski definition) is 1. The average Bonchev–Trinajstić information content (AvgIpc) is 2.78. The van der Waals surface area contributed by atoms with E-state index in [4.69, 9.17) is 9.47 Å². The van der Waals surface area contributed by atoms with E-state index in [0.29, 0.717) is 6.04 Å². The Morgan fingerprint density at radius 2 is 2.05 bits per heavy atom. The molecule has 19 heavy (non-hydrogen) atoms. The average molecular weight is 279 g/mol. The third kappa shape index (κ3) is 3.18. The minimum Gasteiger partial charge on any atom is -0.490 e. The van der Waals surface area contributed by atoms with Gasteiger partial charge in [0, 0.05) is 23.5 Å². The van der Waals surface area contributed by atoms with Crippen LogP contribution in [0.4, 0.5) is 0 Å². The standard InChI is InChI=1S/C15H21NO2S/c1-11-5-6-16-13(10-19-11)12-3-4-14-15(9-12)18-8-2-7-17-14/h3-4,9,11,13,16H,2,5-8,10H2,1H3. The van der Waals surface area contributed by atoms with Gasteiger partial charge in [-0.3, -0.25) is 0 Å². The van der Waals surface area contributed by atoms with E-state index >= 15 is 0 Å². The lowest BCUT2D eigenvalue weighted by Gasteiger charge is -2.17. The Labute approximate surface area is 119 Å². The second-order valence-electron chi connectivity index (χ2n) is 5.20. The molecule has 0 aromatic heterocycles. The molecular formula is C15H21NO2S. The summed E-state index contributed by atoms with van der Waals surface area (Å²) < 4.78 is 11.5. The highest BCUT2D eigenvalue weighted by molar-refractivity contribution is 7.99. The Morgan fingerprint density at radius 3 is 2.95 bits per heavy atom. The quantitative estimate of drug-likeness (QED) is 0.856. The number of hydrogen-bond acceptors (Lipinski definition) is 4. The highest BCUT2D eigenvalue weighted by atomic mass is 32.2. The highest BCUT2D eigenvalue weighted by Gasteiger charge is 2.19. The van der Waals surface area contributed by atoms with E-state index in [1.54, 1.807) is 0 Å². The normalized spacial score (nSPS) is 27.4. The van der Waals surface area contributed by atoms with Gasteiger partial charge in [0.1, 0.15) is 0 Å². The number of nitrogens with one attached hydrogen (secondary N) is 1. The summed E-state index contributed by atoms with van der Waals surface area (Å²) in [6.45, 7) is 4.90. The van der Waals surface area contributed by atoms with E-state index in [0.717, 1.165) is 48.7 Å². The van der Waals surface area contributed by atoms with Crippen LogP contribution in [0, 0.1) is 0 Å². The summed E-state index contributed by atoms with van der Waals surface area (Å²) in [5.41, 5.74) is 1.31. The molecule has 2 aliphatic heterocycles. The highest BCUT2D eigenvalue weighted by Crippen LogP contribution is 2.34. The zero-order valence-corrected chi connectivity index (χ0v) is 12.2. The van der Waals surface area contributed by atoms with Gasteiger partial charge >= 0.3 is 0 Å². The summed E-state index contributed by atoms with van der Waals surface area (Å²) in [7, 11) is 0. The molecule has 0 spiro atoms. The Balaban J connectivity index is 1.79. The minimum absolute atomic E-state index is 0.423. The van der Waals surface area contributed by atoms with Crippen LogP contribution in [0.2, 0.25) is 0 Å². The molecule has 1 aromatic carbocycles. The zero-order chi connectivity index (χ0) is 13.1. The first kappa shape index (κ1) is 13.1. The molecule has 1 aromatic rings. The molecule has 1 fully saturated rings. The first-order chi connectivity index (χ1) is 9.33. The van der Waals surface area contributed by atoms with E-state index < -0.39 is 0 Å². The van der Waals surface area contributed by atoms with Crippen LogP contribution < -0.4 is 14.8 Å². The van der Waals surface area contributed by atoms with Gasteiger partial charge in [-0.1, -0.05) is 13.0 Å². The summed E-state index contributed by atoms with van der Waals surface area (Å²) in [4.78, 5) is 0. The van der Waals surface area contributed by atoms with Crippen molar-refractivity contribution < 1.29 is 9.47 Å². The number of rotatable bonds is 1. The maximum absolute atomic E-state index is 5.77. The van der Waals surface area contributed by atoms with Gasteiger partial charge in [-0.15, -0.1) is 0 Å². The topological polar surface area (TPSA) is 30.5 Å². The SMILES string of the molecule is CC1CCNC(c2ccc3c(c2)OCCCO3)CS1. The molecule has 4 heteroatoms. The second-order valence-corrected chi connectivity index (χ2v) is 6.67. The molecule has 3 rings (SSSR count). The molecule has 2 heterocycles. The summed E-state index contributed by atoms with van der Waals surface area (Å²) in [6.07, 6.45) is 2.20. The van der Waals surface area contributed by atoms with Gasteiger partial charge < -0.3 is 14.8 Å². The van der Waals surface area contributed by atoms with Gasteiger partial charge in [0.2, 0.25) is 0 Å². The molecular weight excluding hydrogens is 258 g/mol. The number of fused-ring (bicyclic) bond motifs is 1. The number of benzene rings is 1. The predicted molar refractivity (Wildman–Crippen MR) is 79.3 cm³/mol. The van der Waals surface area contributed by atoms with Gasteiger partial charge in [-0.2, -0.15) is 11.8 Å². The lowest BCUT2D eigenvalue weighted by molar-refractivity contribution is 0.297. The van der Waals surface area contributed by atoms with Crippen LogP contribution in [0.3, 0.4) is 0 Å². The smallest absolute Gasteiger partial charge is 0.161 e. The van der Waals surface area contributed by atoms with E-state index in [1.807, 2.05) is 11.8 Å². The molecule has 1 N–H and O–H groups in total. The van der Waals surface area contributed by atoms with Crippen molar-refractivity contribution in [3.63, 3.8) is 0 Å². The van der Waals surface area contributed by atoms with Crippen LogP contribution in [0.5, 0.6) is 11.5 Å². The van der Waals surface area contributed by atoms with Crippen molar-refractivity contribution in [3.05, 3.63) is 23.8 Å². The zero-order valence-electron chi connectivity index (χ0n) is 11.4. The van der Waals surface area contributed by atoms with Gasteiger partial charge in [0.15, 0.2) is 11.5 Å². The molecule has 104 valence electrons. The fourth-order valence-electron chi connectivity index (χ4n) is 2.47. The van der Waals surface area contributed by atoms with E-state index in [-0.39, 0.29) is 0 Å². The van der Waals surface area contributed by atoms with E-state index in [9.17, 15) is 0 Å². The summed E-state index contributed by atoms with van der Waals surface area (Å²) in [5, 5.41) is 4.38. The number of thioether (sulfide) groups is 1. The Morgan fingerprint density at radius 1 is 1.21 bits per heavy atom. The maximum atomic E-state index is 5.77. The van der Waals surface area contributed by atoms with Crippen molar-refractivity contribution in [3.8, 4) is 11.5 Å². The molecule has 1 saturated heterocycles. The third-order valence-corrected chi connectivity index (χ3v) is 4.99. The summed E-state index contributed by atoms with van der Waals surface area (Å²) >= 11 is 2.05. The maximum Gasteiger partial charge on any atom is 0.161 e. The molecule has 0 saturated carbocycles. The molecule has 2 atom stereocenters. The van der Waals surface area contributed by atoms with Gasteiger partial charge in [0.05, 0.1) is 13.2 Å². The van der Waals surface area contributed by atoms with Crippen LogP contribution in [-0.4, -0.2) is 30.8 Å². The monoisotopic (exact) mass is 279 g/mol. The lowest BCUT2D eigenvalue weighted by Crippen LogP contribution is -2.22. The predicted octanol–water partition coefficient (Wildman–Crippen LogP) is 3.00. The van der Waals surface area contributed by atoms with Crippen LogP contribution >= 0.6 is 11.8 Å². The molecule has 0 aliphatic carbocycles. The molecule has 2 unspecified atom stereocenters. The molecule has 2 aliphatic rings. The van der Waals surface area contributed by atoms with Gasteiger partial charge in [0.25, 0.3) is 0 Å². The van der Waals surface area contributed by atoms with E-state index in [2.05, 4.69) is 30.4 Å². The molecule has 0 bridgehead atoms. The van der Waals surface area contributed by atoms with Crippen LogP contribution in [0.25, 0.3) is 0 Å².